The predicted molar refractivity (Wildman–Crippen MR) is 100 cm³/mol. The Hall–Kier alpha value is -3.06. The van der Waals surface area contributed by atoms with E-state index in [1.807, 2.05) is 0 Å². The summed E-state index contributed by atoms with van der Waals surface area (Å²) in [7, 11) is 1.56. The minimum Gasteiger partial charge on any atom is -0.497 e. The van der Waals surface area contributed by atoms with Crippen molar-refractivity contribution in [2.45, 2.75) is 20.0 Å². The van der Waals surface area contributed by atoms with Crippen molar-refractivity contribution < 1.29 is 23.5 Å². The van der Waals surface area contributed by atoms with E-state index in [1.165, 1.54) is 13.1 Å². The summed E-state index contributed by atoms with van der Waals surface area (Å²) >= 11 is 5.91. The molecule has 0 saturated heterocycles. The maximum absolute atomic E-state index is 12.5. The number of nitrogens with zero attached hydrogens (tertiary/aromatic N) is 1. The standard InChI is InChI=1S/C19H17ClN2O5/c1-10-13-9-12(25-3)6-7-15(13)27-16(10)19(24)26-11(2)18(23)22-14-5-4-8-21-17(14)20/h4-9,11H,1-3H3,(H,22,23). The van der Waals surface area contributed by atoms with Gasteiger partial charge in [0.05, 0.1) is 12.8 Å². The molecule has 0 fully saturated rings. The third-order valence-electron chi connectivity index (χ3n) is 4.00. The van der Waals surface area contributed by atoms with Crippen LogP contribution in [-0.4, -0.2) is 30.1 Å². The third-order valence-corrected chi connectivity index (χ3v) is 4.30. The molecular weight excluding hydrogens is 372 g/mol. The van der Waals surface area contributed by atoms with Gasteiger partial charge in [0, 0.05) is 17.1 Å². The molecular formula is C19H17ClN2O5. The lowest BCUT2D eigenvalue weighted by molar-refractivity contribution is -0.123. The first kappa shape index (κ1) is 18.7. The number of carbonyl (C=O) groups excluding carboxylic acids is 2. The van der Waals surface area contributed by atoms with Gasteiger partial charge < -0.3 is 19.2 Å². The molecule has 3 aromatic rings. The van der Waals surface area contributed by atoms with Crippen LogP contribution in [0, 0.1) is 6.92 Å². The zero-order chi connectivity index (χ0) is 19.6. The molecule has 0 aliphatic carbocycles. The van der Waals surface area contributed by atoms with Crippen molar-refractivity contribution in [1.29, 1.82) is 0 Å². The summed E-state index contributed by atoms with van der Waals surface area (Å²) in [6, 6.07) is 8.43. The molecule has 8 heteroatoms. The molecule has 27 heavy (non-hydrogen) atoms. The van der Waals surface area contributed by atoms with Crippen LogP contribution in [0.25, 0.3) is 11.0 Å². The Morgan fingerprint density at radius 2 is 2.07 bits per heavy atom. The van der Waals surface area contributed by atoms with Gasteiger partial charge in [0.25, 0.3) is 5.91 Å². The number of ether oxygens (including phenoxy) is 2. The summed E-state index contributed by atoms with van der Waals surface area (Å²) < 4.78 is 16.0. The van der Waals surface area contributed by atoms with Crippen molar-refractivity contribution in [1.82, 2.24) is 4.98 Å². The molecule has 140 valence electrons. The van der Waals surface area contributed by atoms with Crippen LogP contribution in [-0.2, 0) is 9.53 Å². The van der Waals surface area contributed by atoms with Crippen molar-refractivity contribution >= 4 is 40.1 Å². The molecule has 3 rings (SSSR count). The number of nitrogens with one attached hydrogen (secondary N) is 1. The van der Waals surface area contributed by atoms with E-state index in [2.05, 4.69) is 10.3 Å². The largest absolute Gasteiger partial charge is 0.497 e. The Kier molecular flexibility index (Phi) is 5.32. The second kappa shape index (κ2) is 7.67. The van der Waals surface area contributed by atoms with Crippen LogP contribution < -0.4 is 10.1 Å². The van der Waals surface area contributed by atoms with E-state index < -0.39 is 18.0 Å². The van der Waals surface area contributed by atoms with Gasteiger partial charge >= 0.3 is 5.97 Å². The smallest absolute Gasteiger partial charge is 0.375 e. The Bertz CT molecular complexity index is 1010. The average Bonchev–Trinajstić information content (AvgIpc) is 2.99. The van der Waals surface area contributed by atoms with Crippen LogP contribution in [0.3, 0.4) is 0 Å². The molecule has 0 spiro atoms. The van der Waals surface area contributed by atoms with Gasteiger partial charge in [0.1, 0.15) is 11.3 Å². The maximum atomic E-state index is 12.5. The van der Waals surface area contributed by atoms with E-state index in [0.717, 1.165) is 5.39 Å². The average molecular weight is 389 g/mol. The number of furan rings is 1. The molecule has 0 bridgehead atoms. The Labute approximate surface area is 160 Å². The number of aryl methyl sites for hydroxylation is 1. The minimum atomic E-state index is -1.06. The first-order valence-electron chi connectivity index (χ1n) is 8.10. The zero-order valence-electron chi connectivity index (χ0n) is 14.9. The van der Waals surface area contributed by atoms with Crippen molar-refractivity contribution in [3.8, 4) is 5.75 Å². The number of anilines is 1. The van der Waals surface area contributed by atoms with Crippen LogP contribution >= 0.6 is 11.6 Å². The molecule has 2 heterocycles. The number of benzene rings is 1. The SMILES string of the molecule is COc1ccc2oc(C(=O)OC(C)C(=O)Nc3cccnc3Cl)c(C)c2c1. The van der Waals surface area contributed by atoms with Crippen LogP contribution in [0.5, 0.6) is 5.75 Å². The normalized spacial score (nSPS) is 11.9. The summed E-state index contributed by atoms with van der Waals surface area (Å²) in [5.74, 6) is -0.582. The number of carbonyl (C=O) groups is 2. The van der Waals surface area contributed by atoms with Gasteiger partial charge in [0.15, 0.2) is 11.3 Å². The maximum Gasteiger partial charge on any atom is 0.375 e. The third kappa shape index (κ3) is 3.88. The number of methoxy groups -OCH3 is 1. The lowest BCUT2D eigenvalue weighted by Gasteiger charge is -2.13. The lowest BCUT2D eigenvalue weighted by atomic mass is 10.1. The highest BCUT2D eigenvalue weighted by molar-refractivity contribution is 6.32. The van der Waals surface area contributed by atoms with E-state index in [1.54, 1.807) is 44.4 Å². The number of amides is 1. The topological polar surface area (TPSA) is 90.7 Å². The lowest BCUT2D eigenvalue weighted by Crippen LogP contribution is -2.30. The molecule has 2 aromatic heterocycles. The van der Waals surface area contributed by atoms with Gasteiger partial charge in [-0.1, -0.05) is 11.6 Å². The fourth-order valence-electron chi connectivity index (χ4n) is 2.50. The van der Waals surface area contributed by atoms with E-state index in [0.29, 0.717) is 22.6 Å². The summed E-state index contributed by atoms with van der Waals surface area (Å²) in [5, 5.41) is 3.45. The summed E-state index contributed by atoms with van der Waals surface area (Å²) in [6.45, 7) is 3.19. The number of halogens is 1. The van der Waals surface area contributed by atoms with E-state index in [4.69, 9.17) is 25.5 Å². The minimum absolute atomic E-state index is 0.0392. The first-order valence-corrected chi connectivity index (χ1v) is 8.48. The zero-order valence-corrected chi connectivity index (χ0v) is 15.7. The number of fused-ring (bicyclic) bond motifs is 1. The molecule has 0 saturated carbocycles. The first-order chi connectivity index (χ1) is 12.9. The van der Waals surface area contributed by atoms with Crippen molar-refractivity contribution in [2.75, 3.05) is 12.4 Å². The number of hydrogen-bond acceptors (Lipinski definition) is 6. The number of pyridine rings is 1. The molecule has 1 N–H and O–H groups in total. The van der Waals surface area contributed by atoms with Gasteiger partial charge in [-0.05, 0) is 44.2 Å². The van der Waals surface area contributed by atoms with Gasteiger partial charge in [-0.2, -0.15) is 0 Å². The van der Waals surface area contributed by atoms with Gasteiger partial charge in [-0.3, -0.25) is 4.79 Å². The highest BCUT2D eigenvalue weighted by Crippen LogP contribution is 2.29. The second-order valence-corrected chi connectivity index (χ2v) is 6.15. The highest BCUT2D eigenvalue weighted by Gasteiger charge is 2.24. The van der Waals surface area contributed by atoms with Crippen LogP contribution in [0.1, 0.15) is 23.0 Å². The van der Waals surface area contributed by atoms with Crippen molar-refractivity contribution in [3.05, 3.63) is 53.0 Å². The van der Waals surface area contributed by atoms with Crippen LogP contribution in [0.15, 0.2) is 40.9 Å². The Morgan fingerprint density at radius 1 is 1.30 bits per heavy atom. The summed E-state index contributed by atoms with van der Waals surface area (Å²) in [4.78, 5) is 28.6. The quantitative estimate of drug-likeness (QED) is 0.525. The molecule has 1 aromatic carbocycles. The van der Waals surface area contributed by atoms with Gasteiger partial charge in [0.2, 0.25) is 5.76 Å². The van der Waals surface area contributed by atoms with E-state index in [9.17, 15) is 9.59 Å². The fraction of sp³-hybridized carbons (Fsp3) is 0.211. The van der Waals surface area contributed by atoms with Crippen molar-refractivity contribution in [3.63, 3.8) is 0 Å². The molecule has 1 amide bonds. The molecule has 1 atom stereocenters. The highest BCUT2D eigenvalue weighted by atomic mass is 35.5. The summed E-state index contributed by atoms with van der Waals surface area (Å²) in [5.41, 5.74) is 1.47. The number of esters is 1. The number of aromatic nitrogens is 1. The van der Waals surface area contributed by atoms with E-state index in [-0.39, 0.29) is 10.9 Å². The Balaban J connectivity index is 1.74. The van der Waals surface area contributed by atoms with Crippen molar-refractivity contribution in [2.24, 2.45) is 0 Å². The Morgan fingerprint density at radius 3 is 2.78 bits per heavy atom. The number of rotatable bonds is 5. The van der Waals surface area contributed by atoms with Gasteiger partial charge in [-0.25, -0.2) is 9.78 Å². The molecule has 0 aliphatic rings. The molecule has 1 unspecified atom stereocenters. The van der Waals surface area contributed by atoms with Crippen LogP contribution in [0.2, 0.25) is 5.15 Å². The van der Waals surface area contributed by atoms with Crippen LogP contribution in [0.4, 0.5) is 5.69 Å². The molecule has 7 nitrogen and oxygen atoms in total. The van der Waals surface area contributed by atoms with E-state index >= 15 is 0 Å². The monoisotopic (exact) mass is 388 g/mol. The predicted octanol–water partition coefficient (Wildman–Crippen LogP) is 3.98. The fourth-order valence-corrected chi connectivity index (χ4v) is 2.67. The van der Waals surface area contributed by atoms with Gasteiger partial charge in [-0.15, -0.1) is 0 Å². The number of hydrogen-bond donors (Lipinski definition) is 1. The molecule has 0 radical (unpaired) electrons. The molecule has 0 aliphatic heterocycles. The summed E-state index contributed by atoms with van der Waals surface area (Å²) in [6.07, 6.45) is 0.441. The second-order valence-electron chi connectivity index (χ2n) is 5.80.